The molecular formula is C25H28N6O. The highest BCUT2D eigenvalue weighted by atomic mass is 16.2. The molecule has 164 valence electrons. The Labute approximate surface area is 188 Å². The van der Waals surface area contributed by atoms with Crippen LogP contribution in [0.2, 0.25) is 0 Å². The van der Waals surface area contributed by atoms with Crippen molar-refractivity contribution in [1.29, 1.82) is 0 Å². The Kier molecular flexibility index (Phi) is 5.33. The van der Waals surface area contributed by atoms with Gasteiger partial charge in [-0.05, 0) is 45.2 Å². The molecular weight excluding hydrogens is 400 g/mol. The van der Waals surface area contributed by atoms with E-state index in [-0.39, 0.29) is 11.8 Å². The molecule has 2 aromatic heterocycles. The Balaban J connectivity index is 1.44. The lowest BCUT2D eigenvalue weighted by atomic mass is 10.0. The van der Waals surface area contributed by atoms with E-state index in [4.69, 9.17) is 9.97 Å². The van der Waals surface area contributed by atoms with Crippen molar-refractivity contribution in [3.05, 3.63) is 70.4 Å². The average molecular weight is 429 g/mol. The van der Waals surface area contributed by atoms with Crippen molar-refractivity contribution in [2.75, 3.05) is 22.9 Å². The van der Waals surface area contributed by atoms with Crippen LogP contribution >= 0.6 is 0 Å². The molecule has 32 heavy (non-hydrogen) atoms. The summed E-state index contributed by atoms with van der Waals surface area (Å²) in [6, 6.07) is 12.1. The van der Waals surface area contributed by atoms with E-state index in [1.165, 1.54) is 0 Å². The van der Waals surface area contributed by atoms with Gasteiger partial charge in [-0.3, -0.25) is 9.69 Å². The first-order chi connectivity index (χ1) is 15.5. The lowest BCUT2D eigenvalue weighted by molar-refractivity contribution is -0.119. The maximum Gasteiger partial charge on any atom is 0.228 e. The SMILES string of the molecule is Cc1cc(C)nc(N2CC[C@H](c3nc(C)c4c(n3)N(Cc3ccccc3)C(=O)CC4)C2)n1. The first-order valence-corrected chi connectivity index (χ1v) is 11.3. The fourth-order valence-corrected chi connectivity index (χ4v) is 4.72. The molecule has 2 aliphatic rings. The third-order valence-electron chi connectivity index (χ3n) is 6.35. The average Bonchev–Trinajstić information content (AvgIpc) is 3.26. The Morgan fingerprint density at radius 3 is 2.47 bits per heavy atom. The van der Waals surface area contributed by atoms with E-state index in [2.05, 4.69) is 27.0 Å². The summed E-state index contributed by atoms with van der Waals surface area (Å²) in [5.41, 5.74) is 5.14. The number of amides is 1. The van der Waals surface area contributed by atoms with E-state index in [0.29, 0.717) is 19.4 Å². The maximum absolute atomic E-state index is 12.8. The molecule has 3 aromatic rings. The van der Waals surface area contributed by atoms with Crippen LogP contribution in [0.3, 0.4) is 0 Å². The van der Waals surface area contributed by atoms with Crippen molar-refractivity contribution >= 4 is 17.7 Å². The summed E-state index contributed by atoms with van der Waals surface area (Å²) in [6.45, 7) is 8.24. The minimum absolute atomic E-state index is 0.127. The van der Waals surface area contributed by atoms with Crippen molar-refractivity contribution in [3.8, 4) is 0 Å². The second kappa shape index (κ2) is 8.30. The summed E-state index contributed by atoms with van der Waals surface area (Å²) in [4.78, 5) is 36.0. The van der Waals surface area contributed by atoms with Gasteiger partial charge in [-0.2, -0.15) is 0 Å². The van der Waals surface area contributed by atoms with Gasteiger partial charge in [-0.25, -0.2) is 19.9 Å². The molecule has 0 bridgehead atoms. The van der Waals surface area contributed by atoms with Gasteiger partial charge in [0, 0.05) is 48.1 Å². The summed E-state index contributed by atoms with van der Waals surface area (Å²) in [7, 11) is 0. The van der Waals surface area contributed by atoms with Gasteiger partial charge in [0.1, 0.15) is 11.6 Å². The third kappa shape index (κ3) is 3.95. The fourth-order valence-electron chi connectivity index (χ4n) is 4.72. The number of aromatic nitrogens is 4. The van der Waals surface area contributed by atoms with E-state index in [1.807, 2.05) is 49.9 Å². The predicted molar refractivity (Wildman–Crippen MR) is 124 cm³/mol. The number of benzene rings is 1. The zero-order valence-corrected chi connectivity index (χ0v) is 18.9. The van der Waals surface area contributed by atoms with Gasteiger partial charge in [0.25, 0.3) is 0 Å². The lowest BCUT2D eigenvalue weighted by Crippen LogP contribution is -2.36. The maximum atomic E-state index is 12.8. The quantitative estimate of drug-likeness (QED) is 0.631. The van der Waals surface area contributed by atoms with Crippen LogP contribution in [-0.2, 0) is 17.8 Å². The van der Waals surface area contributed by atoms with Crippen LogP contribution in [-0.4, -0.2) is 38.9 Å². The number of anilines is 2. The summed E-state index contributed by atoms with van der Waals surface area (Å²) in [5.74, 6) is 2.70. The Bertz CT molecular complexity index is 1140. The number of nitrogens with zero attached hydrogens (tertiary/aromatic N) is 6. The largest absolute Gasteiger partial charge is 0.340 e. The van der Waals surface area contributed by atoms with Crippen LogP contribution < -0.4 is 9.80 Å². The molecule has 5 rings (SSSR count). The molecule has 0 aliphatic carbocycles. The normalized spacial score (nSPS) is 18.2. The minimum atomic E-state index is 0.127. The monoisotopic (exact) mass is 428 g/mol. The highest BCUT2D eigenvalue weighted by molar-refractivity contribution is 5.95. The summed E-state index contributed by atoms with van der Waals surface area (Å²) in [6.07, 6.45) is 2.16. The van der Waals surface area contributed by atoms with E-state index >= 15 is 0 Å². The molecule has 0 unspecified atom stereocenters. The van der Waals surface area contributed by atoms with E-state index in [9.17, 15) is 4.79 Å². The molecule has 0 saturated carbocycles. The molecule has 1 amide bonds. The fraction of sp³-hybridized carbons (Fsp3) is 0.400. The first kappa shape index (κ1) is 20.5. The number of rotatable bonds is 4. The molecule has 7 heteroatoms. The van der Waals surface area contributed by atoms with E-state index < -0.39 is 0 Å². The Hall–Kier alpha value is -3.35. The molecule has 1 saturated heterocycles. The van der Waals surface area contributed by atoms with Crippen LogP contribution in [0.4, 0.5) is 11.8 Å². The van der Waals surface area contributed by atoms with Crippen LogP contribution in [0, 0.1) is 20.8 Å². The number of aryl methyl sites for hydroxylation is 3. The first-order valence-electron chi connectivity index (χ1n) is 11.3. The number of fused-ring (bicyclic) bond motifs is 1. The van der Waals surface area contributed by atoms with Crippen molar-refractivity contribution in [2.45, 2.75) is 52.5 Å². The van der Waals surface area contributed by atoms with Gasteiger partial charge in [0.15, 0.2) is 0 Å². The number of hydrogen-bond donors (Lipinski definition) is 0. The molecule has 4 heterocycles. The topological polar surface area (TPSA) is 75.1 Å². The Morgan fingerprint density at radius 1 is 0.969 bits per heavy atom. The van der Waals surface area contributed by atoms with Gasteiger partial charge in [0.2, 0.25) is 11.9 Å². The molecule has 1 aromatic carbocycles. The molecule has 1 atom stereocenters. The smallest absolute Gasteiger partial charge is 0.228 e. The van der Waals surface area contributed by atoms with E-state index in [1.54, 1.807) is 0 Å². The molecule has 0 radical (unpaired) electrons. The zero-order valence-electron chi connectivity index (χ0n) is 18.9. The molecule has 2 aliphatic heterocycles. The minimum Gasteiger partial charge on any atom is -0.340 e. The van der Waals surface area contributed by atoms with Crippen LogP contribution in [0.25, 0.3) is 0 Å². The highest BCUT2D eigenvalue weighted by Gasteiger charge is 2.32. The molecule has 7 nitrogen and oxygen atoms in total. The molecule has 0 N–H and O–H groups in total. The zero-order chi connectivity index (χ0) is 22.2. The van der Waals surface area contributed by atoms with Gasteiger partial charge in [-0.15, -0.1) is 0 Å². The molecule has 0 spiro atoms. The highest BCUT2D eigenvalue weighted by Crippen LogP contribution is 2.33. The van der Waals surface area contributed by atoms with Crippen molar-refractivity contribution in [3.63, 3.8) is 0 Å². The second-order valence-electron chi connectivity index (χ2n) is 8.82. The lowest BCUT2D eigenvalue weighted by Gasteiger charge is -2.30. The summed E-state index contributed by atoms with van der Waals surface area (Å²) < 4.78 is 0. The number of carbonyl (C=O) groups is 1. The standard InChI is InChI=1S/C25H28N6O/c1-16-13-17(2)27-25(26-16)30-12-11-20(15-30)23-28-18(3)21-9-10-22(32)31(24(21)29-23)14-19-7-5-4-6-8-19/h4-8,13,20H,9-12,14-15H2,1-3H3/t20-/m0/s1. The van der Waals surface area contributed by atoms with Crippen molar-refractivity contribution in [2.24, 2.45) is 0 Å². The summed E-state index contributed by atoms with van der Waals surface area (Å²) in [5, 5.41) is 0. The van der Waals surface area contributed by atoms with Gasteiger partial charge >= 0.3 is 0 Å². The van der Waals surface area contributed by atoms with Crippen LogP contribution in [0.1, 0.15) is 52.8 Å². The summed E-state index contributed by atoms with van der Waals surface area (Å²) >= 11 is 0. The van der Waals surface area contributed by atoms with Crippen molar-refractivity contribution in [1.82, 2.24) is 19.9 Å². The number of carbonyl (C=O) groups excluding carboxylic acids is 1. The van der Waals surface area contributed by atoms with Gasteiger partial charge < -0.3 is 4.90 Å². The second-order valence-corrected chi connectivity index (χ2v) is 8.82. The number of hydrogen-bond acceptors (Lipinski definition) is 6. The van der Waals surface area contributed by atoms with Crippen LogP contribution in [0.5, 0.6) is 0 Å². The van der Waals surface area contributed by atoms with Crippen molar-refractivity contribution < 1.29 is 4.79 Å². The Morgan fingerprint density at radius 2 is 1.72 bits per heavy atom. The van der Waals surface area contributed by atoms with E-state index in [0.717, 1.165) is 65.3 Å². The third-order valence-corrected chi connectivity index (χ3v) is 6.35. The van der Waals surface area contributed by atoms with Crippen LogP contribution in [0.15, 0.2) is 36.4 Å². The predicted octanol–water partition coefficient (Wildman–Crippen LogP) is 3.67. The van der Waals surface area contributed by atoms with Gasteiger partial charge in [-0.1, -0.05) is 30.3 Å². The van der Waals surface area contributed by atoms with Gasteiger partial charge in [0.05, 0.1) is 6.54 Å². The molecule has 1 fully saturated rings.